The molecule has 0 unspecified atom stereocenters. The van der Waals surface area contributed by atoms with Gasteiger partial charge in [0.1, 0.15) is 5.56 Å². The molecule has 21 heavy (non-hydrogen) atoms. The third-order valence-corrected chi connectivity index (χ3v) is 2.74. The lowest BCUT2D eigenvalue weighted by Crippen LogP contribution is -1.95. The number of phenolic OH excluding ortho intramolecular Hbond substituents is 1. The number of hydrogen-bond donors (Lipinski definition) is 4. The van der Waals surface area contributed by atoms with Crippen LogP contribution >= 0.6 is 0 Å². The molecule has 1 aromatic rings. The zero-order valence-corrected chi connectivity index (χ0v) is 12.1. The van der Waals surface area contributed by atoms with Crippen LogP contribution in [-0.4, -0.2) is 32.4 Å². The van der Waals surface area contributed by atoms with Crippen LogP contribution in [0.1, 0.15) is 55.8 Å². The SMILES string of the molecule is CCCCCCCC(=O)O.O=C(O)c1cccc(O)c1O. The molecule has 0 fully saturated rings. The summed E-state index contributed by atoms with van der Waals surface area (Å²) in [7, 11) is 0. The summed E-state index contributed by atoms with van der Waals surface area (Å²) >= 11 is 0. The van der Waals surface area contributed by atoms with Gasteiger partial charge in [-0.3, -0.25) is 4.79 Å². The summed E-state index contributed by atoms with van der Waals surface area (Å²) in [6.07, 6.45) is 5.88. The van der Waals surface area contributed by atoms with Crippen LogP contribution in [0, 0.1) is 0 Å². The number of aromatic carboxylic acids is 1. The Bertz CT molecular complexity index is 455. The molecule has 4 N–H and O–H groups in total. The molecule has 0 atom stereocenters. The highest BCUT2D eigenvalue weighted by Gasteiger charge is 2.11. The van der Waals surface area contributed by atoms with Crippen molar-refractivity contribution in [2.24, 2.45) is 0 Å². The van der Waals surface area contributed by atoms with Crippen molar-refractivity contribution in [3.05, 3.63) is 23.8 Å². The minimum atomic E-state index is -1.27. The first kappa shape index (κ1) is 18.8. The maximum atomic E-state index is 10.3. The first-order chi connectivity index (χ1) is 9.90. The van der Waals surface area contributed by atoms with Crippen molar-refractivity contribution in [2.75, 3.05) is 0 Å². The van der Waals surface area contributed by atoms with Crippen LogP contribution in [0.25, 0.3) is 0 Å². The fraction of sp³-hybridized carbons (Fsp3) is 0.467. The molecule has 6 heteroatoms. The van der Waals surface area contributed by atoms with E-state index in [2.05, 4.69) is 6.92 Å². The van der Waals surface area contributed by atoms with Crippen molar-refractivity contribution in [1.82, 2.24) is 0 Å². The molecule has 0 spiro atoms. The lowest BCUT2D eigenvalue weighted by atomic mass is 10.1. The quantitative estimate of drug-likeness (QED) is 0.454. The second-order valence-electron chi connectivity index (χ2n) is 4.54. The van der Waals surface area contributed by atoms with Crippen LogP contribution in [0.5, 0.6) is 11.5 Å². The minimum absolute atomic E-state index is 0.301. The second kappa shape index (κ2) is 10.5. The van der Waals surface area contributed by atoms with Crippen LogP contribution in [0.15, 0.2) is 18.2 Å². The summed E-state index contributed by atoms with van der Waals surface area (Å²) in [5.41, 5.74) is -0.301. The lowest BCUT2D eigenvalue weighted by Gasteiger charge is -1.99. The molecule has 0 saturated heterocycles. The molecular weight excluding hydrogens is 276 g/mol. The normalized spacial score (nSPS) is 9.57. The minimum Gasteiger partial charge on any atom is -0.504 e. The van der Waals surface area contributed by atoms with Crippen molar-refractivity contribution in [1.29, 1.82) is 0 Å². The van der Waals surface area contributed by atoms with Gasteiger partial charge in [-0.05, 0) is 18.6 Å². The van der Waals surface area contributed by atoms with Gasteiger partial charge in [0.2, 0.25) is 0 Å². The molecular formula is C15H22O6. The van der Waals surface area contributed by atoms with E-state index in [1.54, 1.807) is 0 Å². The number of para-hydroxylation sites is 1. The van der Waals surface area contributed by atoms with Crippen molar-refractivity contribution in [2.45, 2.75) is 45.4 Å². The smallest absolute Gasteiger partial charge is 0.339 e. The van der Waals surface area contributed by atoms with Crippen molar-refractivity contribution >= 4 is 11.9 Å². The first-order valence-electron chi connectivity index (χ1n) is 6.86. The van der Waals surface area contributed by atoms with Crippen LogP contribution in [0.4, 0.5) is 0 Å². The van der Waals surface area contributed by atoms with E-state index in [4.69, 9.17) is 20.4 Å². The Kier molecular flexibility index (Phi) is 9.41. The van der Waals surface area contributed by atoms with E-state index in [9.17, 15) is 9.59 Å². The van der Waals surface area contributed by atoms with Gasteiger partial charge in [-0.1, -0.05) is 38.7 Å². The largest absolute Gasteiger partial charge is 0.504 e. The molecule has 0 aliphatic heterocycles. The highest BCUT2D eigenvalue weighted by atomic mass is 16.4. The number of benzene rings is 1. The highest BCUT2D eigenvalue weighted by Crippen LogP contribution is 2.27. The Morgan fingerprint density at radius 1 is 1.00 bits per heavy atom. The predicted molar refractivity (Wildman–Crippen MR) is 77.7 cm³/mol. The maximum absolute atomic E-state index is 10.3. The second-order valence-corrected chi connectivity index (χ2v) is 4.54. The molecule has 0 heterocycles. The maximum Gasteiger partial charge on any atom is 0.339 e. The molecule has 0 radical (unpaired) electrons. The van der Waals surface area contributed by atoms with Gasteiger partial charge in [0.05, 0.1) is 0 Å². The molecule has 0 saturated carbocycles. The number of rotatable bonds is 7. The number of phenols is 2. The third-order valence-electron chi connectivity index (χ3n) is 2.74. The van der Waals surface area contributed by atoms with Crippen LogP contribution in [0.2, 0.25) is 0 Å². The Labute approximate surface area is 123 Å². The number of hydrogen-bond acceptors (Lipinski definition) is 4. The van der Waals surface area contributed by atoms with E-state index < -0.39 is 23.4 Å². The van der Waals surface area contributed by atoms with Crippen molar-refractivity contribution in [3.63, 3.8) is 0 Å². The third kappa shape index (κ3) is 8.52. The fourth-order valence-electron chi connectivity index (χ4n) is 1.58. The summed E-state index contributed by atoms with van der Waals surface area (Å²) in [6, 6.07) is 3.76. The summed E-state index contributed by atoms with van der Waals surface area (Å²) in [6.45, 7) is 2.15. The number of aliphatic carboxylic acids is 1. The number of carboxylic acid groups (broad SMARTS) is 2. The van der Waals surface area contributed by atoms with Gasteiger partial charge in [-0.15, -0.1) is 0 Å². The van der Waals surface area contributed by atoms with Gasteiger partial charge < -0.3 is 20.4 Å². The predicted octanol–water partition coefficient (Wildman–Crippen LogP) is 3.23. The number of carboxylic acids is 2. The first-order valence-corrected chi connectivity index (χ1v) is 6.86. The Morgan fingerprint density at radius 2 is 1.62 bits per heavy atom. The Hall–Kier alpha value is -2.24. The molecule has 0 amide bonds. The summed E-state index contributed by atoms with van der Waals surface area (Å²) < 4.78 is 0. The topological polar surface area (TPSA) is 115 Å². The molecule has 6 nitrogen and oxygen atoms in total. The number of unbranched alkanes of at least 4 members (excludes halogenated alkanes) is 4. The zero-order chi connectivity index (χ0) is 16.3. The van der Waals surface area contributed by atoms with Gasteiger partial charge in [-0.2, -0.15) is 0 Å². The number of aromatic hydroxyl groups is 2. The molecule has 1 aromatic carbocycles. The van der Waals surface area contributed by atoms with Gasteiger partial charge in [0.25, 0.3) is 0 Å². The van der Waals surface area contributed by atoms with E-state index in [0.717, 1.165) is 12.8 Å². The standard InChI is InChI=1S/C8H16O2.C7H6O4/c1-2-3-4-5-6-7-8(9)10;8-5-3-1-2-4(6(5)9)7(10)11/h2-7H2,1H3,(H,9,10);1-3,8-9H,(H,10,11). The highest BCUT2D eigenvalue weighted by molar-refractivity contribution is 5.91. The zero-order valence-electron chi connectivity index (χ0n) is 12.1. The van der Waals surface area contributed by atoms with Crippen molar-refractivity contribution < 1.29 is 30.0 Å². The van der Waals surface area contributed by atoms with Gasteiger partial charge in [0.15, 0.2) is 11.5 Å². The van der Waals surface area contributed by atoms with Gasteiger partial charge in [-0.25, -0.2) is 4.79 Å². The van der Waals surface area contributed by atoms with E-state index in [1.807, 2.05) is 0 Å². The van der Waals surface area contributed by atoms with Crippen LogP contribution in [-0.2, 0) is 4.79 Å². The van der Waals surface area contributed by atoms with Crippen molar-refractivity contribution in [3.8, 4) is 11.5 Å². The molecule has 0 aliphatic rings. The molecule has 0 bridgehead atoms. The Morgan fingerprint density at radius 3 is 2.10 bits per heavy atom. The lowest BCUT2D eigenvalue weighted by molar-refractivity contribution is -0.137. The summed E-state index contributed by atoms with van der Waals surface area (Å²) in [4.78, 5) is 20.3. The average molecular weight is 298 g/mol. The van der Waals surface area contributed by atoms with Crippen LogP contribution in [0.3, 0.4) is 0 Å². The van der Waals surface area contributed by atoms with Gasteiger partial charge in [0, 0.05) is 6.42 Å². The van der Waals surface area contributed by atoms with Gasteiger partial charge >= 0.3 is 11.9 Å². The monoisotopic (exact) mass is 298 g/mol. The Balaban J connectivity index is 0.000000384. The van der Waals surface area contributed by atoms with Crippen LogP contribution < -0.4 is 0 Å². The molecule has 118 valence electrons. The van der Waals surface area contributed by atoms with E-state index in [1.165, 1.54) is 37.5 Å². The summed E-state index contributed by atoms with van der Waals surface area (Å²) in [5.74, 6) is -2.96. The number of carbonyl (C=O) groups is 2. The van der Waals surface area contributed by atoms with E-state index >= 15 is 0 Å². The van der Waals surface area contributed by atoms with E-state index in [0.29, 0.717) is 6.42 Å². The molecule has 1 rings (SSSR count). The van der Waals surface area contributed by atoms with E-state index in [-0.39, 0.29) is 5.56 Å². The molecule has 0 aromatic heterocycles. The average Bonchev–Trinajstić information content (AvgIpc) is 2.42. The fourth-order valence-corrected chi connectivity index (χ4v) is 1.58. The summed E-state index contributed by atoms with van der Waals surface area (Å²) in [5, 5.41) is 34.5. The molecule has 0 aliphatic carbocycles.